The Morgan fingerprint density at radius 2 is 2.23 bits per heavy atom. The van der Waals surface area contributed by atoms with Crippen LogP contribution in [0.2, 0.25) is 0 Å². The third-order valence-electron chi connectivity index (χ3n) is 3.30. The summed E-state index contributed by atoms with van der Waals surface area (Å²) in [6, 6.07) is 6.89. The molecule has 2 heterocycles. The maximum atomic E-state index is 11.4. The molecule has 0 unspecified atom stereocenters. The molecule has 22 heavy (non-hydrogen) atoms. The van der Waals surface area contributed by atoms with E-state index in [0.29, 0.717) is 23.1 Å². The number of nitro groups is 1. The molecule has 0 spiro atoms. The van der Waals surface area contributed by atoms with Gasteiger partial charge in [0.2, 0.25) is 0 Å². The van der Waals surface area contributed by atoms with Crippen LogP contribution < -0.4 is 5.32 Å². The number of hydrogen-bond donors (Lipinski definition) is 1. The van der Waals surface area contributed by atoms with Crippen molar-refractivity contribution in [2.24, 2.45) is 0 Å². The second-order valence-electron chi connectivity index (χ2n) is 4.73. The summed E-state index contributed by atoms with van der Waals surface area (Å²) in [4.78, 5) is 19.7. The maximum absolute atomic E-state index is 11.4. The maximum Gasteiger partial charge on any atom is 0.301 e. The van der Waals surface area contributed by atoms with E-state index in [0.717, 1.165) is 17.1 Å². The first-order valence-corrected chi connectivity index (χ1v) is 7.76. The zero-order chi connectivity index (χ0) is 15.5. The van der Waals surface area contributed by atoms with Crippen LogP contribution >= 0.6 is 11.3 Å². The van der Waals surface area contributed by atoms with Gasteiger partial charge in [0.25, 0.3) is 0 Å². The van der Waals surface area contributed by atoms with E-state index in [-0.39, 0.29) is 10.6 Å². The molecule has 3 rings (SSSR count). The zero-order valence-electron chi connectivity index (χ0n) is 11.9. The minimum absolute atomic E-state index is 0.0524. The Kier molecular flexibility index (Phi) is 3.97. The predicted octanol–water partition coefficient (Wildman–Crippen LogP) is 3.77. The van der Waals surface area contributed by atoms with Crippen molar-refractivity contribution in [3.8, 4) is 0 Å². The summed E-state index contributed by atoms with van der Waals surface area (Å²) in [6.07, 6.45) is 2.52. The Balaban J connectivity index is 1.92. The highest BCUT2D eigenvalue weighted by Crippen LogP contribution is 2.32. The third-order valence-corrected chi connectivity index (χ3v) is 4.34. The van der Waals surface area contributed by atoms with Crippen LogP contribution in [0.3, 0.4) is 0 Å². The lowest BCUT2D eigenvalue weighted by Crippen LogP contribution is -2.03. The average molecular weight is 314 g/mol. The molecule has 0 radical (unpaired) electrons. The summed E-state index contributed by atoms with van der Waals surface area (Å²) in [5, 5.41) is 18.1. The number of pyridine rings is 1. The molecule has 0 aliphatic carbocycles. The van der Waals surface area contributed by atoms with Gasteiger partial charge in [-0.1, -0.05) is 6.92 Å². The van der Waals surface area contributed by atoms with Gasteiger partial charge in [0.15, 0.2) is 0 Å². The Labute approximate surface area is 131 Å². The minimum Gasteiger partial charge on any atom is -0.374 e. The molecule has 0 atom stereocenters. The summed E-state index contributed by atoms with van der Waals surface area (Å²) in [7, 11) is 0. The van der Waals surface area contributed by atoms with Crippen molar-refractivity contribution in [3.63, 3.8) is 0 Å². The lowest BCUT2D eigenvalue weighted by atomic mass is 10.1. The summed E-state index contributed by atoms with van der Waals surface area (Å²) in [5.74, 6) is 0. The summed E-state index contributed by atoms with van der Waals surface area (Å²) in [6.45, 7) is 2.51. The number of rotatable bonds is 5. The van der Waals surface area contributed by atoms with Gasteiger partial charge in [-0.2, -0.15) is 0 Å². The summed E-state index contributed by atoms with van der Waals surface area (Å²) < 4.78 is 0. The van der Waals surface area contributed by atoms with E-state index in [2.05, 4.69) is 22.2 Å². The molecule has 112 valence electrons. The fourth-order valence-corrected chi connectivity index (χ4v) is 3.00. The normalized spacial score (nSPS) is 10.8. The van der Waals surface area contributed by atoms with Gasteiger partial charge in [0, 0.05) is 11.6 Å². The number of aromatic nitrogens is 2. The highest BCUT2D eigenvalue weighted by Gasteiger charge is 2.18. The molecule has 0 aliphatic rings. The van der Waals surface area contributed by atoms with Crippen molar-refractivity contribution < 1.29 is 4.92 Å². The fourth-order valence-electron chi connectivity index (χ4n) is 2.25. The standard InChI is InChI=1S/C15H14N4O2S/c1-2-14-18-10(9-22-14)8-17-13-6-5-12-11(4-3-7-16-12)15(13)19(20)21/h3-7,9,17H,2,8H2,1H3. The van der Waals surface area contributed by atoms with E-state index in [1.54, 1.807) is 41.8 Å². The van der Waals surface area contributed by atoms with Crippen molar-refractivity contribution in [2.75, 3.05) is 5.32 Å². The highest BCUT2D eigenvalue weighted by molar-refractivity contribution is 7.09. The van der Waals surface area contributed by atoms with Crippen LogP contribution in [0.25, 0.3) is 10.9 Å². The third kappa shape index (κ3) is 2.75. The van der Waals surface area contributed by atoms with Gasteiger partial charge >= 0.3 is 5.69 Å². The van der Waals surface area contributed by atoms with E-state index in [1.807, 2.05) is 5.38 Å². The topological polar surface area (TPSA) is 81.0 Å². The number of fused-ring (bicyclic) bond motifs is 1. The number of anilines is 1. The number of benzene rings is 1. The number of nitrogens with one attached hydrogen (secondary N) is 1. The van der Waals surface area contributed by atoms with Crippen LogP contribution in [0.5, 0.6) is 0 Å². The van der Waals surface area contributed by atoms with Crippen LogP contribution in [0, 0.1) is 10.1 Å². The van der Waals surface area contributed by atoms with Crippen molar-refractivity contribution in [1.82, 2.24) is 9.97 Å². The van der Waals surface area contributed by atoms with Gasteiger partial charge < -0.3 is 5.32 Å². The molecular formula is C15H14N4O2S. The van der Waals surface area contributed by atoms with Gasteiger partial charge in [0.1, 0.15) is 5.69 Å². The first-order chi connectivity index (χ1) is 10.7. The van der Waals surface area contributed by atoms with Gasteiger partial charge in [-0.05, 0) is 30.7 Å². The summed E-state index contributed by atoms with van der Waals surface area (Å²) >= 11 is 1.60. The summed E-state index contributed by atoms with van der Waals surface area (Å²) in [5.41, 5.74) is 2.04. The molecule has 1 aromatic carbocycles. The van der Waals surface area contributed by atoms with Gasteiger partial charge in [0.05, 0.1) is 33.1 Å². The lowest BCUT2D eigenvalue weighted by Gasteiger charge is -2.07. The number of nitrogens with zero attached hydrogens (tertiary/aromatic N) is 3. The van der Waals surface area contributed by atoms with Gasteiger partial charge in [-0.3, -0.25) is 15.1 Å². The quantitative estimate of drug-likeness (QED) is 0.572. The Bertz CT molecular complexity index is 831. The highest BCUT2D eigenvalue weighted by atomic mass is 32.1. The molecule has 0 saturated carbocycles. The molecule has 0 fully saturated rings. The van der Waals surface area contributed by atoms with Gasteiger partial charge in [-0.15, -0.1) is 11.3 Å². The molecule has 0 amide bonds. The van der Waals surface area contributed by atoms with Crippen molar-refractivity contribution in [1.29, 1.82) is 0 Å². The SMILES string of the molecule is CCc1nc(CNc2ccc3ncccc3c2[N+](=O)[O-])cs1. The molecule has 2 aromatic heterocycles. The second kappa shape index (κ2) is 6.07. The van der Waals surface area contributed by atoms with Crippen LogP contribution in [0.1, 0.15) is 17.6 Å². The van der Waals surface area contributed by atoms with E-state index < -0.39 is 0 Å². The van der Waals surface area contributed by atoms with E-state index in [9.17, 15) is 10.1 Å². The molecule has 6 nitrogen and oxygen atoms in total. The second-order valence-corrected chi connectivity index (χ2v) is 5.67. The molecular weight excluding hydrogens is 300 g/mol. The van der Waals surface area contributed by atoms with Crippen LogP contribution in [0.15, 0.2) is 35.8 Å². The van der Waals surface area contributed by atoms with Crippen LogP contribution in [-0.2, 0) is 13.0 Å². The zero-order valence-corrected chi connectivity index (χ0v) is 12.8. The van der Waals surface area contributed by atoms with Crippen molar-refractivity contribution in [3.05, 3.63) is 56.7 Å². The molecule has 3 aromatic rings. The first-order valence-electron chi connectivity index (χ1n) is 6.88. The number of nitro benzene ring substituents is 1. The van der Waals surface area contributed by atoms with Crippen LogP contribution in [-0.4, -0.2) is 14.9 Å². The molecule has 0 aliphatic heterocycles. The predicted molar refractivity (Wildman–Crippen MR) is 87.2 cm³/mol. The smallest absolute Gasteiger partial charge is 0.301 e. The van der Waals surface area contributed by atoms with Gasteiger partial charge in [-0.25, -0.2) is 4.98 Å². The van der Waals surface area contributed by atoms with Crippen LogP contribution in [0.4, 0.5) is 11.4 Å². The fraction of sp³-hybridized carbons (Fsp3) is 0.200. The Morgan fingerprint density at radius 1 is 1.36 bits per heavy atom. The largest absolute Gasteiger partial charge is 0.374 e. The van der Waals surface area contributed by atoms with E-state index in [1.165, 1.54) is 0 Å². The Morgan fingerprint density at radius 3 is 2.95 bits per heavy atom. The molecule has 0 saturated heterocycles. The average Bonchev–Trinajstić information content (AvgIpc) is 3.00. The molecule has 1 N–H and O–H groups in total. The van der Waals surface area contributed by atoms with Crippen molar-refractivity contribution >= 4 is 33.6 Å². The molecule has 0 bridgehead atoms. The molecule has 7 heteroatoms. The van der Waals surface area contributed by atoms with E-state index in [4.69, 9.17) is 0 Å². The lowest BCUT2D eigenvalue weighted by molar-refractivity contribution is -0.382. The number of hydrogen-bond acceptors (Lipinski definition) is 6. The first kappa shape index (κ1) is 14.4. The van der Waals surface area contributed by atoms with Crippen molar-refractivity contribution in [2.45, 2.75) is 19.9 Å². The number of aryl methyl sites for hydroxylation is 1. The monoisotopic (exact) mass is 314 g/mol. The van der Waals surface area contributed by atoms with E-state index >= 15 is 0 Å². The number of thiazole rings is 1. The Hall–Kier alpha value is -2.54. The minimum atomic E-state index is -0.370.